The topological polar surface area (TPSA) is 0 Å². The lowest BCUT2D eigenvalue weighted by Gasteiger charge is -2.08. The molecular weight excluding hydrogens is 256 g/mol. The Morgan fingerprint density at radius 3 is 1.95 bits per heavy atom. The summed E-state index contributed by atoms with van der Waals surface area (Å²) in [5, 5.41) is 0. The molecule has 2 rings (SSSR count). The van der Waals surface area contributed by atoms with Gasteiger partial charge >= 0.3 is 6.18 Å². The lowest BCUT2D eigenvalue weighted by Crippen LogP contribution is -2.04. The van der Waals surface area contributed by atoms with Crippen LogP contribution in [0.15, 0.2) is 42.5 Å². The van der Waals surface area contributed by atoms with Crippen molar-refractivity contribution in [3.8, 4) is 11.1 Å². The van der Waals surface area contributed by atoms with Gasteiger partial charge in [0, 0.05) is 0 Å². The molecule has 0 N–H and O–H groups in total. The van der Waals surface area contributed by atoms with Gasteiger partial charge in [0.1, 0.15) is 5.82 Å². The molecule has 0 aliphatic rings. The quantitative estimate of drug-likeness (QED) is 0.667. The molecule has 4 heteroatoms. The van der Waals surface area contributed by atoms with Gasteiger partial charge in [0.05, 0.1) is 5.56 Å². The van der Waals surface area contributed by atoms with Gasteiger partial charge < -0.3 is 0 Å². The van der Waals surface area contributed by atoms with Crippen molar-refractivity contribution in [2.45, 2.75) is 19.5 Å². The predicted molar refractivity (Wildman–Crippen MR) is 66.2 cm³/mol. The Labute approximate surface area is 108 Å². The Hall–Kier alpha value is -1.84. The number of hydrogen-bond donors (Lipinski definition) is 0. The van der Waals surface area contributed by atoms with Crippen LogP contribution in [0.1, 0.15) is 18.1 Å². The largest absolute Gasteiger partial charge is 0.416 e. The summed E-state index contributed by atoms with van der Waals surface area (Å²) < 4.78 is 50.9. The molecule has 100 valence electrons. The first-order valence-corrected chi connectivity index (χ1v) is 5.88. The van der Waals surface area contributed by atoms with Crippen LogP contribution in [0.2, 0.25) is 0 Å². The minimum absolute atomic E-state index is 0.333. The summed E-state index contributed by atoms with van der Waals surface area (Å²) in [5.41, 5.74) is 1.02. The maximum absolute atomic E-state index is 13.6. The van der Waals surface area contributed by atoms with Crippen molar-refractivity contribution < 1.29 is 17.6 Å². The zero-order valence-electron chi connectivity index (χ0n) is 10.3. The zero-order valence-corrected chi connectivity index (χ0v) is 10.3. The Morgan fingerprint density at radius 2 is 1.47 bits per heavy atom. The first-order chi connectivity index (χ1) is 8.91. The number of aryl methyl sites for hydroxylation is 1. The predicted octanol–water partition coefficient (Wildman–Crippen LogP) is 5.07. The van der Waals surface area contributed by atoms with E-state index in [1.807, 2.05) is 6.92 Å². The third-order valence-corrected chi connectivity index (χ3v) is 2.98. The highest BCUT2D eigenvalue weighted by Gasteiger charge is 2.29. The van der Waals surface area contributed by atoms with E-state index in [-0.39, 0.29) is 5.82 Å². The standard InChI is InChI=1S/C15H12F4/c1-2-10-3-4-12(9-14(10)16)11-5-7-13(8-6-11)15(17,18)19/h3-9H,2H2,1H3. The van der Waals surface area contributed by atoms with Gasteiger partial charge in [0.15, 0.2) is 0 Å². The fraction of sp³-hybridized carbons (Fsp3) is 0.200. The summed E-state index contributed by atoms with van der Waals surface area (Å²) in [7, 11) is 0. The molecule has 0 bridgehead atoms. The number of rotatable bonds is 2. The monoisotopic (exact) mass is 268 g/mol. The number of hydrogen-bond acceptors (Lipinski definition) is 0. The van der Waals surface area contributed by atoms with Crippen molar-refractivity contribution >= 4 is 0 Å². The average molecular weight is 268 g/mol. The Morgan fingerprint density at radius 1 is 0.895 bits per heavy atom. The highest BCUT2D eigenvalue weighted by Crippen LogP contribution is 2.31. The maximum atomic E-state index is 13.6. The maximum Gasteiger partial charge on any atom is 0.416 e. The molecule has 0 aromatic heterocycles. The van der Waals surface area contributed by atoms with Gasteiger partial charge in [-0.25, -0.2) is 4.39 Å². The molecule has 0 atom stereocenters. The molecule has 0 aliphatic heterocycles. The zero-order chi connectivity index (χ0) is 14.0. The lowest BCUT2D eigenvalue weighted by atomic mass is 10.0. The average Bonchev–Trinajstić information content (AvgIpc) is 2.38. The summed E-state index contributed by atoms with van der Waals surface area (Å²) in [5.74, 6) is -0.333. The van der Waals surface area contributed by atoms with Gasteiger partial charge in [-0.1, -0.05) is 31.2 Å². The molecule has 2 aromatic carbocycles. The van der Waals surface area contributed by atoms with E-state index in [1.54, 1.807) is 12.1 Å². The van der Waals surface area contributed by atoms with Crippen LogP contribution in [0.4, 0.5) is 17.6 Å². The number of benzene rings is 2. The van der Waals surface area contributed by atoms with E-state index in [1.165, 1.54) is 18.2 Å². The molecule has 0 saturated carbocycles. The van der Waals surface area contributed by atoms with Gasteiger partial charge in [0.2, 0.25) is 0 Å². The van der Waals surface area contributed by atoms with Crippen LogP contribution in [-0.4, -0.2) is 0 Å². The van der Waals surface area contributed by atoms with Gasteiger partial charge in [-0.15, -0.1) is 0 Å². The molecule has 0 spiro atoms. The van der Waals surface area contributed by atoms with Crippen LogP contribution < -0.4 is 0 Å². The highest BCUT2D eigenvalue weighted by atomic mass is 19.4. The molecule has 0 radical (unpaired) electrons. The smallest absolute Gasteiger partial charge is 0.207 e. The summed E-state index contributed by atoms with van der Waals surface area (Å²) in [6.07, 6.45) is -3.77. The third kappa shape index (κ3) is 2.95. The molecule has 0 heterocycles. The number of alkyl halides is 3. The molecule has 0 nitrogen and oxygen atoms in total. The normalized spacial score (nSPS) is 11.6. The molecule has 0 aliphatic carbocycles. The minimum atomic E-state index is -4.35. The molecule has 2 aromatic rings. The Kier molecular flexibility index (Phi) is 3.60. The van der Waals surface area contributed by atoms with Gasteiger partial charge in [-0.2, -0.15) is 13.2 Å². The SMILES string of the molecule is CCc1ccc(-c2ccc(C(F)(F)F)cc2)cc1F. The minimum Gasteiger partial charge on any atom is -0.207 e. The van der Waals surface area contributed by atoms with Crippen LogP contribution in [0, 0.1) is 5.82 Å². The molecule has 0 saturated heterocycles. The summed E-state index contributed by atoms with van der Waals surface area (Å²) in [6.45, 7) is 1.84. The first-order valence-electron chi connectivity index (χ1n) is 5.88. The van der Waals surface area contributed by atoms with Crippen molar-refractivity contribution in [3.05, 3.63) is 59.4 Å². The van der Waals surface area contributed by atoms with Gasteiger partial charge in [0.25, 0.3) is 0 Å². The van der Waals surface area contributed by atoms with E-state index < -0.39 is 11.7 Å². The van der Waals surface area contributed by atoms with Crippen molar-refractivity contribution in [2.75, 3.05) is 0 Å². The van der Waals surface area contributed by atoms with E-state index in [0.29, 0.717) is 23.1 Å². The van der Waals surface area contributed by atoms with Gasteiger partial charge in [-0.3, -0.25) is 0 Å². The second kappa shape index (κ2) is 5.03. The molecule has 0 unspecified atom stereocenters. The van der Waals surface area contributed by atoms with Crippen molar-refractivity contribution in [3.63, 3.8) is 0 Å². The second-order valence-electron chi connectivity index (χ2n) is 4.23. The molecule has 0 amide bonds. The Balaban J connectivity index is 2.35. The molecular formula is C15H12F4. The highest BCUT2D eigenvalue weighted by molar-refractivity contribution is 5.64. The van der Waals surface area contributed by atoms with Crippen LogP contribution >= 0.6 is 0 Å². The third-order valence-electron chi connectivity index (χ3n) is 2.98. The van der Waals surface area contributed by atoms with E-state index in [2.05, 4.69) is 0 Å². The fourth-order valence-corrected chi connectivity index (χ4v) is 1.87. The summed E-state index contributed by atoms with van der Waals surface area (Å²) >= 11 is 0. The summed E-state index contributed by atoms with van der Waals surface area (Å²) in [6, 6.07) is 9.42. The fourth-order valence-electron chi connectivity index (χ4n) is 1.87. The van der Waals surface area contributed by atoms with Crippen molar-refractivity contribution in [1.82, 2.24) is 0 Å². The molecule has 0 fully saturated rings. The van der Waals surface area contributed by atoms with Crippen LogP contribution in [0.3, 0.4) is 0 Å². The lowest BCUT2D eigenvalue weighted by molar-refractivity contribution is -0.137. The van der Waals surface area contributed by atoms with Crippen LogP contribution in [0.5, 0.6) is 0 Å². The van der Waals surface area contributed by atoms with E-state index in [4.69, 9.17) is 0 Å². The first kappa shape index (κ1) is 13.6. The molecule has 19 heavy (non-hydrogen) atoms. The van der Waals surface area contributed by atoms with Crippen LogP contribution in [-0.2, 0) is 12.6 Å². The number of halogens is 4. The van der Waals surface area contributed by atoms with E-state index >= 15 is 0 Å². The van der Waals surface area contributed by atoms with Crippen molar-refractivity contribution in [1.29, 1.82) is 0 Å². The van der Waals surface area contributed by atoms with Gasteiger partial charge in [-0.05, 0) is 41.3 Å². The van der Waals surface area contributed by atoms with Crippen LogP contribution in [0.25, 0.3) is 11.1 Å². The summed E-state index contributed by atoms with van der Waals surface area (Å²) in [4.78, 5) is 0. The van der Waals surface area contributed by atoms with Crippen molar-refractivity contribution in [2.24, 2.45) is 0 Å². The Bertz CT molecular complexity index is 568. The second-order valence-corrected chi connectivity index (χ2v) is 4.23. The van der Waals surface area contributed by atoms with E-state index in [0.717, 1.165) is 12.1 Å². The van der Waals surface area contributed by atoms with E-state index in [9.17, 15) is 17.6 Å².